The number of carbonyl (C=O) groups excluding carboxylic acids is 1. The van der Waals surface area contributed by atoms with Gasteiger partial charge in [0.05, 0.1) is 11.6 Å². The van der Waals surface area contributed by atoms with Crippen LogP contribution in [0.2, 0.25) is 0 Å². The highest BCUT2D eigenvalue weighted by Gasteiger charge is 2.34. The fourth-order valence-corrected chi connectivity index (χ4v) is 5.92. The van der Waals surface area contributed by atoms with Crippen LogP contribution in [0.15, 0.2) is 71.2 Å². The van der Waals surface area contributed by atoms with Crippen molar-refractivity contribution in [3.63, 3.8) is 0 Å². The molecule has 0 saturated heterocycles. The van der Waals surface area contributed by atoms with E-state index in [2.05, 4.69) is 73.6 Å². The smallest absolute Gasteiger partial charge is 0.251 e. The van der Waals surface area contributed by atoms with Crippen LogP contribution in [-0.2, 0) is 5.41 Å². The minimum Gasteiger partial charge on any atom is -0.436 e. The Morgan fingerprint density at radius 2 is 1.80 bits per heavy atom. The Bertz CT molecular complexity index is 1560. The van der Waals surface area contributed by atoms with Crippen LogP contribution in [0.3, 0.4) is 0 Å². The highest BCUT2D eigenvalue weighted by Crippen LogP contribution is 2.39. The maximum absolute atomic E-state index is 13.3. The molecule has 0 radical (unpaired) electrons. The summed E-state index contributed by atoms with van der Waals surface area (Å²) < 4.78 is 6.15. The summed E-state index contributed by atoms with van der Waals surface area (Å²) in [5.41, 5.74) is 6.83. The summed E-state index contributed by atoms with van der Waals surface area (Å²) in [5.74, 6) is 0.614. The van der Waals surface area contributed by atoms with E-state index in [4.69, 9.17) is 4.42 Å². The number of amides is 1. The van der Waals surface area contributed by atoms with Gasteiger partial charge >= 0.3 is 0 Å². The van der Waals surface area contributed by atoms with Crippen LogP contribution in [0.5, 0.6) is 0 Å². The summed E-state index contributed by atoms with van der Waals surface area (Å²) in [6, 6.07) is 22.2. The largest absolute Gasteiger partial charge is 0.436 e. The average Bonchev–Trinajstić information content (AvgIpc) is 3.44. The highest BCUT2D eigenvalue weighted by atomic mass is 16.3. The molecule has 1 amide bonds. The second kappa shape index (κ2) is 12.6. The average molecular weight is 546 g/mol. The molecule has 0 atom stereocenters. The molecule has 1 aliphatic rings. The second-order valence-electron chi connectivity index (χ2n) is 11.6. The zero-order valence-electron chi connectivity index (χ0n) is 24.4. The van der Waals surface area contributed by atoms with Crippen molar-refractivity contribution >= 4 is 23.1 Å². The number of unbranched alkanes of at least 4 members (excludes halogenated alkanes) is 1. The third-order valence-electron chi connectivity index (χ3n) is 8.35. The Morgan fingerprint density at radius 1 is 1.07 bits per heavy atom. The molecular formula is C36H39N3O2. The SMILES string of the molecule is CCC/C=C/c1ccc(C2(CNC(=O)c3ccc(-c4nc5cc(C#N)cc(C(C)C)c5o4)cc3)CCCCC2)cc1. The minimum absolute atomic E-state index is 0.0336. The fraction of sp³-hybridized carbons (Fsp3) is 0.361. The molecule has 1 aromatic heterocycles. The summed E-state index contributed by atoms with van der Waals surface area (Å²) in [6.45, 7) is 6.96. The van der Waals surface area contributed by atoms with Gasteiger partial charge in [0.15, 0.2) is 5.58 Å². The van der Waals surface area contributed by atoms with Crippen LogP contribution in [0.25, 0.3) is 28.6 Å². The highest BCUT2D eigenvalue weighted by molar-refractivity contribution is 5.94. The van der Waals surface area contributed by atoms with E-state index in [0.29, 0.717) is 34.7 Å². The minimum atomic E-state index is -0.0704. The van der Waals surface area contributed by atoms with Gasteiger partial charge in [0.1, 0.15) is 5.52 Å². The van der Waals surface area contributed by atoms with Crippen molar-refractivity contribution < 1.29 is 9.21 Å². The number of carbonyl (C=O) groups is 1. The third kappa shape index (κ3) is 6.28. The first kappa shape index (κ1) is 28.4. The van der Waals surface area contributed by atoms with Crippen LogP contribution >= 0.6 is 0 Å². The molecule has 5 rings (SSSR count). The van der Waals surface area contributed by atoms with E-state index in [1.807, 2.05) is 30.3 Å². The van der Waals surface area contributed by atoms with Crippen LogP contribution in [0.4, 0.5) is 0 Å². The van der Waals surface area contributed by atoms with Crippen LogP contribution in [0.1, 0.15) is 104 Å². The number of allylic oxidation sites excluding steroid dienone is 1. The third-order valence-corrected chi connectivity index (χ3v) is 8.35. The van der Waals surface area contributed by atoms with Gasteiger partial charge < -0.3 is 9.73 Å². The Hall–Kier alpha value is -4.17. The first-order valence-corrected chi connectivity index (χ1v) is 14.9. The molecule has 1 saturated carbocycles. The standard InChI is InChI=1S/C36H39N3O2/c1-4-5-7-10-26-11-17-30(18-12-26)36(19-8-6-9-20-36)24-38-34(40)28-13-15-29(16-14-28)35-39-32-22-27(23-37)21-31(25(2)3)33(32)41-35/h7,10-18,21-22,25H,4-6,8-9,19-20,24H2,1-3H3,(H,38,40)/b10-7+. The zero-order valence-corrected chi connectivity index (χ0v) is 24.4. The first-order chi connectivity index (χ1) is 19.9. The van der Waals surface area contributed by atoms with Gasteiger partial charge in [-0.3, -0.25) is 4.79 Å². The molecule has 0 unspecified atom stereocenters. The van der Waals surface area contributed by atoms with E-state index >= 15 is 0 Å². The number of rotatable bonds is 9. The number of aromatic nitrogens is 1. The van der Waals surface area contributed by atoms with E-state index < -0.39 is 0 Å². The number of fused-ring (bicyclic) bond motifs is 1. The summed E-state index contributed by atoms with van der Waals surface area (Å²) in [5, 5.41) is 12.7. The molecular weight excluding hydrogens is 506 g/mol. The lowest BCUT2D eigenvalue weighted by Gasteiger charge is -2.38. The van der Waals surface area contributed by atoms with Gasteiger partial charge in [-0.15, -0.1) is 0 Å². The van der Waals surface area contributed by atoms with Crippen molar-refractivity contribution in [2.24, 2.45) is 0 Å². The van der Waals surface area contributed by atoms with E-state index in [9.17, 15) is 10.1 Å². The van der Waals surface area contributed by atoms with Gasteiger partial charge in [-0.05, 0) is 72.7 Å². The Labute approximate surface area is 243 Å². The molecule has 5 heteroatoms. The normalized spacial score (nSPS) is 14.9. The molecule has 0 spiro atoms. The molecule has 210 valence electrons. The summed E-state index contributed by atoms with van der Waals surface area (Å²) in [7, 11) is 0. The monoisotopic (exact) mass is 545 g/mol. The number of hydrogen-bond donors (Lipinski definition) is 1. The number of nitriles is 1. The van der Waals surface area contributed by atoms with Gasteiger partial charge in [0, 0.05) is 28.7 Å². The maximum Gasteiger partial charge on any atom is 0.251 e. The van der Waals surface area contributed by atoms with Crippen molar-refractivity contribution in [1.29, 1.82) is 5.26 Å². The number of benzene rings is 3. The number of nitrogens with one attached hydrogen (secondary N) is 1. The van der Waals surface area contributed by atoms with Crippen molar-refractivity contribution in [3.8, 4) is 17.5 Å². The van der Waals surface area contributed by atoms with E-state index in [0.717, 1.165) is 36.8 Å². The molecule has 5 nitrogen and oxygen atoms in total. The molecule has 4 aromatic rings. The van der Waals surface area contributed by atoms with Gasteiger partial charge in [-0.25, -0.2) is 4.98 Å². The number of nitrogens with zero attached hydrogens (tertiary/aromatic N) is 2. The molecule has 1 fully saturated rings. The molecule has 0 aliphatic heterocycles. The number of oxazole rings is 1. The molecule has 1 N–H and O–H groups in total. The fourth-order valence-electron chi connectivity index (χ4n) is 5.92. The summed E-state index contributed by atoms with van der Waals surface area (Å²) >= 11 is 0. The summed E-state index contributed by atoms with van der Waals surface area (Å²) in [4.78, 5) is 17.9. The lowest BCUT2D eigenvalue weighted by Crippen LogP contribution is -2.42. The van der Waals surface area contributed by atoms with Crippen LogP contribution < -0.4 is 5.32 Å². The molecule has 3 aromatic carbocycles. The Morgan fingerprint density at radius 3 is 2.46 bits per heavy atom. The van der Waals surface area contributed by atoms with E-state index in [-0.39, 0.29) is 17.2 Å². The van der Waals surface area contributed by atoms with E-state index in [1.54, 1.807) is 6.07 Å². The Balaban J connectivity index is 1.31. The maximum atomic E-state index is 13.3. The van der Waals surface area contributed by atoms with Crippen molar-refractivity contribution in [2.45, 2.75) is 77.0 Å². The zero-order chi connectivity index (χ0) is 28.8. The van der Waals surface area contributed by atoms with Gasteiger partial charge in [0.25, 0.3) is 5.91 Å². The first-order valence-electron chi connectivity index (χ1n) is 14.9. The van der Waals surface area contributed by atoms with Crippen molar-refractivity contribution in [2.75, 3.05) is 6.54 Å². The van der Waals surface area contributed by atoms with Crippen LogP contribution in [-0.4, -0.2) is 17.4 Å². The predicted molar refractivity (Wildman–Crippen MR) is 166 cm³/mol. The van der Waals surface area contributed by atoms with Crippen molar-refractivity contribution in [3.05, 3.63) is 94.6 Å². The number of hydrogen-bond acceptors (Lipinski definition) is 4. The predicted octanol–water partition coefficient (Wildman–Crippen LogP) is 8.94. The lowest BCUT2D eigenvalue weighted by atomic mass is 9.69. The van der Waals surface area contributed by atoms with E-state index in [1.165, 1.54) is 30.4 Å². The second-order valence-corrected chi connectivity index (χ2v) is 11.6. The lowest BCUT2D eigenvalue weighted by molar-refractivity contribution is 0.0936. The molecule has 1 heterocycles. The van der Waals surface area contributed by atoms with Gasteiger partial charge in [0.2, 0.25) is 5.89 Å². The Kier molecular flexibility index (Phi) is 8.69. The quantitative estimate of drug-likeness (QED) is 0.228. The molecule has 1 aliphatic carbocycles. The molecule has 41 heavy (non-hydrogen) atoms. The van der Waals surface area contributed by atoms with Crippen LogP contribution in [0, 0.1) is 11.3 Å². The van der Waals surface area contributed by atoms with Crippen molar-refractivity contribution in [1.82, 2.24) is 10.3 Å². The topological polar surface area (TPSA) is 78.9 Å². The molecule has 0 bridgehead atoms. The van der Waals surface area contributed by atoms with Gasteiger partial charge in [-0.1, -0.05) is 82.9 Å². The van der Waals surface area contributed by atoms with Gasteiger partial charge in [-0.2, -0.15) is 5.26 Å². The summed E-state index contributed by atoms with van der Waals surface area (Å²) in [6.07, 6.45) is 12.5.